The van der Waals surface area contributed by atoms with Crippen LogP contribution in [-0.4, -0.2) is 43.6 Å². The van der Waals surface area contributed by atoms with Crippen molar-refractivity contribution < 1.29 is 18.8 Å². The third kappa shape index (κ3) is 4.13. The molecule has 1 aliphatic heterocycles. The number of fused-ring (bicyclic) bond motifs is 2. The van der Waals surface area contributed by atoms with Gasteiger partial charge in [0.2, 0.25) is 11.8 Å². The maximum Gasteiger partial charge on any atom is 0.273 e. The van der Waals surface area contributed by atoms with Gasteiger partial charge in [0.05, 0.1) is 18.8 Å². The number of carbonyl (C=O) groups is 3. The molecule has 3 amide bonds. The smallest absolute Gasteiger partial charge is 0.273 e. The molecule has 2 heterocycles. The lowest BCUT2D eigenvalue weighted by atomic mass is 9.98. The number of amides is 3. The van der Waals surface area contributed by atoms with Crippen molar-refractivity contribution in [3.05, 3.63) is 87.7 Å². The minimum Gasteiger partial charge on any atom is -0.368 e. The molecular weight excluding hydrogens is 485 g/mol. The molecule has 10 heteroatoms. The van der Waals surface area contributed by atoms with Crippen LogP contribution in [0.5, 0.6) is 0 Å². The lowest BCUT2D eigenvalue weighted by Crippen LogP contribution is -2.45. The van der Waals surface area contributed by atoms with Crippen molar-refractivity contribution in [3.63, 3.8) is 0 Å². The molecule has 2 atom stereocenters. The minimum absolute atomic E-state index is 0.0712. The first-order valence-corrected chi connectivity index (χ1v) is 12.1. The third-order valence-corrected chi connectivity index (χ3v) is 7.20. The number of primary amides is 1. The summed E-state index contributed by atoms with van der Waals surface area (Å²) in [7, 11) is 0. The highest BCUT2D eigenvalue weighted by atomic mass is 35.5. The zero-order chi connectivity index (χ0) is 25.6. The zero-order valence-corrected chi connectivity index (χ0v) is 20.4. The Bertz CT molecular complexity index is 1360. The number of imidazole rings is 1. The molecule has 8 nitrogen and oxygen atoms in total. The second kappa shape index (κ2) is 9.39. The van der Waals surface area contributed by atoms with E-state index >= 15 is 0 Å². The average molecular weight is 510 g/mol. The lowest BCUT2D eigenvalue weighted by Gasteiger charge is -2.36. The SMILES string of the molecule is CC(=O)N1CCn2c(C(=O)N([C@@H]3CCc4c(F)cc(Cl)cc43)[C@@H](C(N)=O)c3ccccc3)cnc2C1. The van der Waals surface area contributed by atoms with Crippen LogP contribution in [0.25, 0.3) is 0 Å². The van der Waals surface area contributed by atoms with Crippen LogP contribution in [0.4, 0.5) is 4.39 Å². The molecule has 0 unspecified atom stereocenters. The van der Waals surface area contributed by atoms with Gasteiger partial charge in [-0.3, -0.25) is 14.4 Å². The van der Waals surface area contributed by atoms with Crippen molar-refractivity contribution in [1.82, 2.24) is 19.4 Å². The molecule has 1 aromatic heterocycles. The molecule has 0 fully saturated rings. The summed E-state index contributed by atoms with van der Waals surface area (Å²) < 4.78 is 16.5. The monoisotopic (exact) mass is 509 g/mol. The molecule has 5 rings (SSSR count). The summed E-state index contributed by atoms with van der Waals surface area (Å²) in [5.74, 6) is -1.08. The molecular formula is C26H25ClFN5O3. The Morgan fingerprint density at radius 2 is 1.94 bits per heavy atom. The molecule has 0 saturated carbocycles. The summed E-state index contributed by atoms with van der Waals surface area (Å²) in [5.41, 5.74) is 7.78. The molecule has 1 aliphatic carbocycles. The first-order valence-electron chi connectivity index (χ1n) is 11.7. The number of benzene rings is 2. The Kier molecular flexibility index (Phi) is 6.26. The summed E-state index contributed by atoms with van der Waals surface area (Å²) in [6.07, 6.45) is 2.27. The topological polar surface area (TPSA) is 102 Å². The number of nitrogens with two attached hydrogens (primary N) is 1. The van der Waals surface area contributed by atoms with Crippen molar-refractivity contribution in [3.8, 4) is 0 Å². The van der Waals surface area contributed by atoms with E-state index in [9.17, 15) is 18.8 Å². The van der Waals surface area contributed by atoms with Gasteiger partial charge in [-0.1, -0.05) is 41.9 Å². The van der Waals surface area contributed by atoms with E-state index in [2.05, 4.69) is 4.98 Å². The number of rotatable bonds is 5. The van der Waals surface area contributed by atoms with Gasteiger partial charge in [-0.15, -0.1) is 0 Å². The van der Waals surface area contributed by atoms with Crippen LogP contribution in [0.3, 0.4) is 0 Å². The first kappa shape index (κ1) is 24.0. The van der Waals surface area contributed by atoms with E-state index in [-0.39, 0.29) is 23.2 Å². The van der Waals surface area contributed by atoms with Gasteiger partial charge in [-0.25, -0.2) is 9.37 Å². The fraction of sp³-hybridized carbons (Fsp3) is 0.308. The number of aromatic nitrogens is 2. The summed E-state index contributed by atoms with van der Waals surface area (Å²) in [5, 5.41) is 0.215. The van der Waals surface area contributed by atoms with Crippen molar-refractivity contribution in [2.45, 2.75) is 44.9 Å². The number of hydrogen-bond acceptors (Lipinski definition) is 4. The van der Waals surface area contributed by atoms with Crippen LogP contribution in [0, 0.1) is 5.82 Å². The average Bonchev–Trinajstić information content (AvgIpc) is 3.46. The quantitative estimate of drug-likeness (QED) is 0.569. The van der Waals surface area contributed by atoms with Crippen LogP contribution in [-0.2, 0) is 29.1 Å². The molecule has 0 saturated heterocycles. The lowest BCUT2D eigenvalue weighted by molar-refractivity contribution is -0.130. The summed E-state index contributed by atoms with van der Waals surface area (Å²) in [6.45, 7) is 2.60. The van der Waals surface area contributed by atoms with Gasteiger partial charge in [-0.2, -0.15) is 0 Å². The highest BCUT2D eigenvalue weighted by Gasteiger charge is 2.41. The van der Waals surface area contributed by atoms with E-state index in [0.717, 1.165) is 0 Å². The summed E-state index contributed by atoms with van der Waals surface area (Å²) in [4.78, 5) is 46.5. The van der Waals surface area contributed by atoms with E-state index in [1.54, 1.807) is 39.8 Å². The molecule has 186 valence electrons. The second-order valence-electron chi connectivity index (χ2n) is 9.09. The highest BCUT2D eigenvalue weighted by molar-refractivity contribution is 6.30. The fourth-order valence-corrected chi connectivity index (χ4v) is 5.49. The second-order valence-corrected chi connectivity index (χ2v) is 9.53. The van der Waals surface area contributed by atoms with Gasteiger partial charge in [0.25, 0.3) is 5.91 Å². The Hall–Kier alpha value is -3.72. The van der Waals surface area contributed by atoms with Crippen molar-refractivity contribution in [2.24, 2.45) is 5.73 Å². The number of halogens is 2. The van der Waals surface area contributed by atoms with Gasteiger partial charge in [0, 0.05) is 25.0 Å². The number of nitrogens with zero attached hydrogens (tertiary/aromatic N) is 4. The third-order valence-electron chi connectivity index (χ3n) is 6.98. The van der Waals surface area contributed by atoms with Crippen LogP contribution < -0.4 is 5.73 Å². The number of carbonyl (C=O) groups excluding carboxylic acids is 3. The molecule has 0 bridgehead atoms. The molecule has 0 radical (unpaired) electrons. The molecule has 0 spiro atoms. The van der Waals surface area contributed by atoms with Crippen LogP contribution in [0.15, 0.2) is 48.7 Å². The maximum atomic E-state index is 14.7. The maximum absolute atomic E-state index is 14.7. The Morgan fingerprint density at radius 1 is 1.19 bits per heavy atom. The molecule has 2 aromatic carbocycles. The van der Waals surface area contributed by atoms with E-state index in [1.165, 1.54) is 24.1 Å². The van der Waals surface area contributed by atoms with Gasteiger partial charge >= 0.3 is 0 Å². The van der Waals surface area contributed by atoms with Gasteiger partial charge in [0.1, 0.15) is 23.4 Å². The van der Waals surface area contributed by atoms with Crippen LogP contribution in [0.1, 0.15) is 58.4 Å². The Morgan fingerprint density at radius 3 is 2.64 bits per heavy atom. The van der Waals surface area contributed by atoms with E-state index in [4.69, 9.17) is 17.3 Å². The first-order chi connectivity index (χ1) is 17.3. The molecule has 2 aliphatic rings. The van der Waals surface area contributed by atoms with Crippen molar-refractivity contribution in [1.29, 1.82) is 0 Å². The van der Waals surface area contributed by atoms with Gasteiger partial charge in [-0.05, 0) is 41.7 Å². The highest BCUT2D eigenvalue weighted by Crippen LogP contribution is 2.43. The van der Waals surface area contributed by atoms with Crippen LogP contribution in [0.2, 0.25) is 5.02 Å². The molecule has 2 N–H and O–H groups in total. The molecule has 3 aromatic rings. The predicted molar refractivity (Wildman–Crippen MR) is 130 cm³/mol. The predicted octanol–water partition coefficient (Wildman–Crippen LogP) is 3.39. The normalized spacial score (nSPS) is 17.3. The van der Waals surface area contributed by atoms with Crippen molar-refractivity contribution >= 4 is 29.3 Å². The van der Waals surface area contributed by atoms with Gasteiger partial charge in [0.15, 0.2) is 0 Å². The summed E-state index contributed by atoms with van der Waals surface area (Å²) >= 11 is 6.19. The molecule has 36 heavy (non-hydrogen) atoms. The Labute approximate surface area is 212 Å². The number of hydrogen-bond donors (Lipinski definition) is 1. The largest absolute Gasteiger partial charge is 0.368 e. The van der Waals surface area contributed by atoms with Crippen molar-refractivity contribution in [2.75, 3.05) is 6.54 Å². The summed E-state index contributed by atoms with van der Waals surface area (Å²) in [6, 6.07) is 10.0. The van der Waals surface area contributed by atoms with E-state index < -0.39 is 29.7 Å². The van der Waals surface area contributed by atoms with E-state index in [1.807, 2.05) is 6.07 Å². The van der Waals surface area contributed by atoms with Gasteiger partial charge < -0.3 is 20.1 Å². The zero-order valence-electron chi connectivity index (χ0n) is 19.7. The van der Waals surface area contributed by atoms with Crippen LogP contribution >= 0.6 is 11.6 Å². The standard InChI is InChI=1S/C26H25ClFN5O3/c1-15(34)31-9-10-32-22(13-30-23(32)14-31)26(36)33(24(25(29)35)16-5-3-2-4-6-16)21-8-7-18-19(21)11-17(27)12-20(18)28/h2-6,11-13,21,24H,7-10,14H2,1H3,(H2,29,35)/t21-,24-/m1/s1. The fourth-order valence-electron chi connectivity index (χ4n) is 5.28. The minimum atomic E-state index is -1.10. The Balaban J connectivity index is 1.62. The van der Waals surface area contributed by atoms with E-state index in [0.29, 0.717) is 48.4 Å².